The lowest BCUT2D eigenvalue weighted by molar-refractivity contribution is 0.112. The minimum atomic E-state index is -3.05. The van der Waals surface area contributed by atoms with Gasteiger partial charge in [0, 0.05) is 18.0 Å². The lowest BCUT2D eigenvalue weighted by Crippen LogP contribution is -2.11. The van der Waals surface area contributed by atoms with Crippen molar-refractivity contribution in [1.29, 1.82) is 0 Å². The van der Waals surface area contributed by atoms with E-state index < -0.39 is 9.84 Å². The highest BCUT2D eigenvalue weighted by atomic mass is 32.2. The van der Waals surface area contributed by atoms with Gasteiger partial charge < -0.3 is 4.42 Å². The van der Waals surface area contributed by atoms with Gasteiger partial charge in [-0.15, -0.1) is 0 Å². The summed E-state index contributed by atoms with van der Waals surface area (Å²) in [6.45, 7) is 0.220. The summed E-state index contributed by atoms with van der Waals surface area (Å²) in [4.78, 5) is 10.9. The number of carbonyl (C=O) groups is 1. The van der Waals surface area contributed by atoms with Crippen molar-refractivity contribution >= 4 is 16.1 Å². The maximum Gasteiger partial charge on any atom is 0.153 e. The van der Waals surface area contributed by atoms with Crippen LogP contribution in [0.3, 0.4) is 0 Å². The first-order valence-corrected chi connectivity index (χ1v) is 7.28. The van der Waals surface area contributed by atoms with Crippen molar-refractivity contribution in [2.45, 2.75) is 6.54 Å². The molecule has 0 saturated carbocycles. The lowest BCUT2D eigenvalue weighted by atomic mass is 10.2. The Kier molecular flexibility index (Phi) is 3.33. The molecule has 0 spiro atoms. The van der Waals surface area contributed by atoms with Gasteiger partial charge in [0.05, 0.1) is 30.4 Å². The number of rotatable bonds is 5. The Morgan fingerprint density at radius 3 is 2.83 bits per heavy atom. The topological polar surface area (TPSA) is 82.2 Å². The van der Waals surface area contributed by atoms with Crippen molar-refractivity contribution in [2.24, 2.45) is 0 Å². The van der Waals surface area contributed by atoms with E-state index >= 15 is 0 Å². The third-order valence-electron chi connectivity index (χ3n) is 2.40. The molecule has 6 nitrogen and oxygen atoms in total. The Bertz CT molecular complexity index is 641. The van der Waals surface area contributed by atoms with Crippen LogP contribution < -0.4 is 0 Å². The summed E-state index contributed by atoms with van der Waals surface area (Å²) in [7, 11) is -3.05. The number of sulfone groups is 1. The van der Waals surface area contributed by atoms with Gasteiger partial charge in [0.15, 0.2) is 6.29 Å². The first-order valence-electron chi connectivity index (χ1n) is 5.22. The Balaban J connectivity index is 2.27. The Hall–Kier alpha value is -1.89. The summed E-state index contributed by atoms with van der Waals surface area (Å²) in [6.07, 6.45) is 6.34. The molecule has 96 valence electrons. The van der Waals surface area contributed by atoms with Crippen LogP contribution >= 0.6 is 0 Å². The van der Waals surface area contributed by atoms with E-state index in [0.717, 1.165) is 6.26 Å². The van der Waals surface area contributed by atoms with Gasteiger partial charge in [0.2, 0.25) is 0 Å². The molecule has 0 aliphatic carbocycles. The number of aryl methyl sites for hydroxylation is 1. The Morgan fingerprint density at radius 2 is 2.28 bits per heavy atom. The molecule has 0 aliphatic heterocycles. The van der Waals surface area contributed by atoms with E-state index in [0.29, 0.717) is 23.1 Å². The van der Waals surface area contributed by atoms with Crippen LogP contribution in [0.25, 0.3) is 11.3 Å². The monoisotopic (exact) mass is 268 g/mol. The summed E-state index contributed by atoms with van der Waals surface area (Å²) >= 11 is 0. The fourth-order valence-corrected chi connectivity index (χ4v) is 2.04. The zero-order valence-corrected chi connectivity index (χ0v) is 10.6. The molecule has 0 amide bonds. The molecule has 2 rings (SSSR count). The van der Waals surface area contributed by atoms with Gasteiger partial charge in [-0.3, -0.25) is 9.48 Å². The second-order valence-corrected chi connectivity index (χ2v) is 6.22. The number of furan rings is 1. The summed E-state index contributed by atoms with van der Waals surface area (Å²) in [5.74, 6) is -0.0161. The maximum absolute atomic E-state index is 11.1. The minimum Gasteiger partial charge on any atom is -0.472 e. The number of aldehydes is 1. The largest absolute Gasteiger partial charge is 0.472 e. The second kappa shape index (κ2) is 4.77. The van der Waals surface area contributed by atoms with Crippen molar-refractivity contribution in [2.75, 3.05) is 12.0 Å². The highest BCUT2D eigenvalue weighted by Crippen LogP contribution is 2.21. The van der Waals surface area contributed by atoms with Crippen LogP contribution in [0.1, 0.15) is 10.4 Å². The van der Waals surface area contributed by atoms with Crippen LogP contribution in [-0.2, 0) is 16.4 Å². The predicted octanol–water partition coefficient (Wildman–Crippen LogP) is 1.00. The molecule has 0 atom stereocenters. The summed E-state index contributed by atoms with van der Waals surface area (Å²) in [6, 6.07) is 1.69. The van der Waals surface area contributed by atoms with Gasteiger partial charge in [0.1, 0.15) is 15.5 Å². The van der Waals surface area contributed by atoms with Crippen LogP contribution in [0.15, 0.2) is 29.2 Å². The lowest BCUT2D eigenvalue weighted by Gasteiger charge is -1.98. The number of hydrogen-bond acceptors (Lipinski definition) is 5. The fourth-order valence-electron chi connectivity index (χ4n) is 1.52. The Morgan fingerprint density at radius 1 is 1.50 bits per heavy atom. The summed E-state index contributed by atoms with van der Waals surface area (Å²) in [5.41, 5.74) is 1.59. The van der Waals surface area contributed by atoms with Gasteiger partial charge in [-0.1, -0.05) is 0 Å². The van der Waals surface area contributed by atoms with Crippen LogP contribution in [0.2, 0.25) is 0 Å². The van der Waals surface area contributed by atoms with Gasteiger partial charge in [0.25, 0.3) is 0 Å². The van der Waals surface area contributed by atoms with Gasteiger partial charge in [-0.25, -0.2) is 8.42 Å². The molecule has 0 bridgehead atoms. The maximum atomic E-state index is 11.1. The minimum absolute atomic E-state index is 0.0161. The number of carbonyl (C=O) groups excluding carboxylic acids is 1. The SMILES string of the molecule is CS(=O)(=O)CCn1cc(C=O)c(-c2ccoc2)n1. The van der Waals surface area contributed by atoms with E-state index in [1.165, 1.54) is 23.4 Å². The molecule has 0 aliphatic rings. The van der Waals surface area contributed by atoms with Gasteiger partial charge >= 0.3 is 0 Å². The molecule has 0 aromatic carbocycles. The van der Waals surface area contributed by atoms with Crippen LogP contribution in [0.5, 0.6) is 0 Å². The molecule has 7 heteroatoms. The molecule has 18 heavy (non-hydrogen) atoms. The standard InChI is InChI=1S/C11H12N2O4S/c1-18(15,16)5-3-13-6-10(7-14)11(12-13)9-2-4-17-8-9/h2,4,6-8H,3,5H2,1H3. The van der Waals surface area contributed by atoms with E-state index in [1.54, 1.807) is 6.07 Å². The molecule has 0 saturated heterocycles. The number of nitrogens with zero attached hydrogens (tertiary/aromatic N) is 2. The third-order valence-corrected chi connectivity index (χ3v) is 3.33. The van der Waals surface area contributed by atoms with Gasteiger partial charge in [-0.2, -0.15) is 5.10 Å². The molecule has 2 aromatic rings. The average Bonchev–Trinajstić information content (AvgIpc) is 2.94. The fraction of sp³-hybridized carbons (Fsp3) is 0.273. The molecule has 2 heterocycles. The second-order valence-electron chi connectivity index (χ2n) is 3.96. The normalized spacial score (nSPS) is 11.6. The van der Waals surface area contributed by atoms with Crippen LogP contribution in [0.4, 0.5) is 0 Å². The highest BCUT2D eigenvalue weighted by molar-refractivity contribution is 7.90. The smallest absolute Gasteiger partial charge is 0.153 e. The molecule has 0 fully saturated rings. The van der Waals surface area contributed by atoms with E-state index in [9.17, 15) is 13.2 Å². The van der Waals surface area contributed by atoms with E-state index in [4.69, 9.17) is 4.42 Å². The van der Waals surface area contributed by atoms with Crippen molar-refractivity contribution < 1.29 is 17.6 Å². The van der Waals surface area contributed by atoms with Gasteiger partial charge in [-0.05, 0) is 6.07 Å². The van der Waals surface area contributed by atoms with Crippen molar-refractivity contribution in [3.8, 4) is 11.3 Å². The first-order chi connectivity index (χ1) is 8.49. The zero-order chi connectivity index (χ0) is 13.2. The molecule has 0 unspecified atom stereocenters. The predicted molar refractivity (Wildman–Crippen MR) is 65.0 cm³/mol. The first kappa shape index (κ1) is 12.6. The van der Waals surface area contributed by atoms with Crippen LogP contribution in [-0.4, -0.2) is 36.5 Å². The molecule has 0 N–H and O–H groups in total. The molecular weight excluding hydrogens is 256 g/mol. The number of hydrogen-bond donors (Lipinski definition) is 0. The summed E-state index contributed by atoms with van der Waals surface area (Å²) < 4.78 is 28.5. The Labute approximate surface area is 104 Å². The van der Waals surface area contributed by atoms with E-state index in [1.807, 2.05) is 0 Å². The van der Waals surface area contributed by atoms with Crippen molar-refractivity contribution in [3.63, 3.8) is 0 Å². The zero-order valence-electron chi connectivity index (χ0n) is 9.74. The average molecular weight is 268 g/mol. The van der Waals surface area contributed by atoms with Crippen molar-refractivity contribution in [1.82, 2.24) is 9.78 Å². The van der Waals surface area contributed by atoms with Crippen LogP contribution in [0, 0.1) is 0 Å². The highest BCUT2D eigenvalue weighted by Gasteiger charge is 2.12. The summed E-state index contributed by atoms with van der Waals surface area (Å²) in [5, 5.41) is 4.19. The third kappa shape index (κ3) is 2.86. The molecular formula is C11H12N2O4S. The van der Waals surface area contributed by atoms with E-state index in [2.05, 4.69) is 5.10 Å². The quantitative estimate of drug-likeness (QED) is 0.755. The van der Waals surface area contributed by atoms with E-state index in [-0.39, 0.29) is 12.3 Å². The molecule has 0 radical (unpaired) electrons. The number of aromatic nitrogens is 2. The van der Waals surface area contributed by atoms with Crippen molar-refractivity contribution in [3.05, 3.63) is 30.4 Å². The molecule has 2 aromatic heterocycles.